The van der Waals surface area contributed by atoms with Crippen LogP contribution in [0.3, 0.4) is 0 Å². The van der Waals surface area contributed by atoms with Crippen LogP contribution in [-0.2, 0) is 9.53 Å². The maximum atomic E-state index is 13.0. The lowest BCUT2D eigenvalue weighted by atomic mass is 9.74. The molecule has 26 heavy (non-hydrogen) atoms. The number of hydrogen-bond donors (Lipinski definition) is 1. The van der Waals surface area contributed by atoms with Crippen LogP contribution in [0.25, 0.3) is 0 Å². The highest BCUT2D eigenvalue weighted by molar-refractivity contribution is 6.30. The van der Waals surface area contributed by atoms with Gasteiger partial charge in [-0.3, -0.25) is 4.79 Å². The quantitative estimate of drug-likeness (QED) is 0.862. The summed E-state index contributed by atoms with van der Waals surface area (Å²) < 4.78 is 11.1. The number of furan rings is 1. The van der Waals surface area contributed by atoms with Gasteiger partial charge < -0.3 is 14.9 Å². The molecule has 5 nitrogen and oxygen atoms in total. The monoisotopic (exact) mass is 366 g/mol. The SMILES string of the molecule is N#CC1=C(N)OC2=C(C(=O)CC(c3ccco3)C2)C1c1ccc(Cl)cc1. The molecule has 2 aliphatic rings. The first-order valence-electron chi connectivity index (χ1n) is 8.21. The van der Waals surface area contributed by atoms with E-state index in [9.17, 15) is 10.1 Å². The maximum absolute atomic E-state index is 13.0. The highest BCUT2D eigenvalue weighted by Crippen LogP contribution is 2.46. The minimum Gasteiger partial charge on any atom is -0.469 e. The molecule has 1 aromatic carbocycles. The van der Waals surface area contributed by atoms with Gasteiger partial charge >= 0.3 is 0 Å². The van der Waals surface area contributed by atoms with Crippen LogP contribution in [0.2, 0.25) is 5.02 Å². The summed E-state index contributed by atoms with van der Waals surface area (Å²) in [5.74, 6) is 0.598. The predicted octanol–water partition coefficient (Wildman–Crippen LogP) is 4.14. The lowest BCUT2D eigenvalue weighted by molar-refractivity contribution is -0.117. The highest BCUT2D eigenvalue weighted by atomic mass is 35.5. The molecular formula is C20H15ClN2O3. The van der Waals surface area contributed by atoms with Crippen molar-refractivity contribution in [2.75, 3.05) is 0 Å². The minimum atomic E-state index is -0.536. The molecule has 4 rings (SSSR count). The molecule has 1 aliphatic carbocycles. The number of allylic oxidation sites excluding steroid dienone is 3. The van der Waals surface area contributed by atoms with Gasteiger partial charge in [0.25, 0.3) is 0 Å². The fourth-order valence-corrected chi connectivity index (χ4v) is 3.75. The van der Waals surface area contributed by atoms with Crippen LogP contribution < -0.4 is 5.73 Å². The smallest absolute Gasteiger partial charge is 0.205 e. The highest BCUT2D eigenvalue weighted by Gasteiger charge is 2.41. The number of Topliss-reactive ketones (excluding diaryl/α,β-unsaturated/α-hetero) is 1. The molecule has 0 bridgehead atoms. The third kappa shape index (κ3) is 2.69. The van der Waals surface area contributed by atoms with Crippen LogP contribution in [0, 0.1) is 11.3 Å². The van der Waals surface area contributed by atoms with Gasteiger partial charge in [0.15, 0.2) is 5.78 Å². The average molecular weight is 367 g/mol. The Bertz CT molecular complexity index is 965. The van der Waals surface area contributed by atoms with Crippen molar-refractivity contribution in [1.29, 1.82) is 5.26 Å². The molecular weight excluding hydrogens is 352 g/mol. The Kier molecular flexibility index (Phi) is 4.06. The summed E-state index contributed by atoms with van der Waals surface area (Å²) in [6, 6.07) is 12.8. The summed E-state index contributed by atoms with van der Waals surface area (Å²) in [4.78, 5) is 13.0. The summed E-state index contributed by atoms with van der Waals surface area (Å²) in [7, 11) is 0. The molecule has 2 heterocycles. The maximum Gasteiger partial charge on any atom is 0.205 e. The summed E-state index contributed by atoms with van der Waals surface area (Å²) >= 11 is 5.98. The minimum absolute atomic E-state index is 0.0408. The van der Waals surface area contributed by atoms with E-state index in [0.717, 1.165) is 11.3 Å². The first-order valence-corrected chi connectivity index (χ1v) is 8.59. The molecule has 2 aromatic rings. The molecule has 130 valence electrons. The second-order valence-electron chi connectivity index (χ2n) is 6.36. The van der Waals surface area contributed by atoms with Crippen LogP contribution in [0.1, 0.15) is 36.0 Å². The van der Waals surface area contributed by atoms with Crippen LogP contribution in [-0.4, -0.2) is 5.78 Å². The van der Waals surface area contributed by atoms with Crippen molar-refractivity contribution in [2.45, 2.75) is 24.7 Å². The number of nitrogens with two attached hydrogens (primary N) is 1. The topological polar surface area (TPSA) is 89.3 Å². The Hall–Kier alpha value is -2.97. The normalized spacial score (nSPS) is 22.7. The Morgan fingerprint density at radius 1 is 1.19 bits per heavy atom. The number of nitriles is 1. The lowest BCUT2D eigenvalue weighted by Crippen LogP contribution is -2.29. The van der Waals surface area contributed by atoms with E-state index in [2.05, 4.69) is 6.07 Å². The van der Waals surface area contributed by atoms with Gasteiger partial charge in [0, 0.05) is 29.4 Å². The van der Waals surface area contributed by atoms with Crippen molar-refractivity contribution < 1.29 is 13.9 Å². The van der Waals surface area contributed by atoms with Gasteiger partial charge in [-0.2, -0.15) is 5.26 Å². The summed E-state index contributed by atoms with van der Waals surface area (Å²) in [6.07, 6.45) is 2.39. The van der Waals surface area contributed by atoms with Crippen molar-refractivity contribution in [3.05, 3.63) is 81.8 Å². The molecule has 0 amide bonds. The fourth-order valence-electron chi connectivity index (χ4n) is 3.62. The number of ether oxygens (including phenoxy) is 1. The Labute approximate surface area is 155 Å². The van der Waals surface area contributed by atoms with E-state index in [-0.39, 0.29) is 23.2 Å². The van der Waals surface area contributed by atoms with Crippen molar-refractivity contribution in [3.63, 3.8) is 0 Å². The Balaban J connectivity index is 1.80. The molecule has 0 saturated heterocycles. The van der Waals surface area contributed by atoms with E-state index < -0.39 is 5.92 Å². The molecule has 6 heteroatoms. The van der Waals surface area contributed by atoms with Gasteiger partial charge in [0.05, 0.1) is 12.2 Å². The third-order valence-corrected chi connectivity index (χ3v) is 5.06. The number of halogens is 1. The lowest BCUT2D eigenvalue weighted by Gasteiger charge is -2.33. The summed E-state index contributed by atoms with van der Waals surface area (Å²) in [6.45, 7) is 0. The van der Waals surface area contributed by atoms with E-state index in [0.29, 0.717) is 29.2 Å². The first kappa shape index (κ1) is 16.5. The summed E-state index contributed by atoms with van der Waals surface area (Å²) in [5, 5.41) is 10.2. The fraction of sp³-hybridized carbons (Fsp3) is 0.200. The van der Waals surface area contributed by atoms with Crippen molar-refractivity contribution in [1.82, 2.24) is 0 Å². The van der Waals surface area contributed by atoms with Crippen LogP contribution in [0.4, 0.5) is 0 Å². The molecule has 1 aromatic heterocycles. The van der Waals surface area contributed by atoms with Gasteiger partial charge in [-0.15, -0.1) is 0 Å². The Morgan fingerprint density at radius 2 is 1.96 bits per heavy atom. The molecule has 2 unspecified atom stereocenters. The number of nitrogens with zero attached hydrogens (tertiary/aromatic N) is 1. The second-order valence-corrected chi connectivity index (χ2v) is 6.79. The van der Waals surface area contributed by atoms with Gasteiger partial charge in [0.1, 0.15) is 23.2 Å². The average Bonchev–Trinajstić information content (AvgIpc) is 3.16. The number of rotatable bonds is 2. The van der Waals surface area contributed by atoms with E-state index in [1.807, 2.05) is 6.07 Å². The van der Waals surface area contributed by atoms with Gasteiger partial charge in [-0.1, -0.05) is 23.7 Å². The number of ketones is 1. The first-order chi connectivity index (χ1) is 12.6. The van der Waals surface area contributed by atoms with E-state index in [1.165, 1.54) is 0 Å². The van der Waals surface area contributed by atoms with Crippen LogP contribution >= 0.6 is 11.6 Å². The zero-order valence-corrected chi connectivity index (χ0v) is 14.5. The van der Waals surface area contributed by atoms with Crippen molar-refractivity contribution in [3.8, 4) is 6.07 Å². The zero-order chi connectivity index (χ0) is 18.3. The number of benzene rings is 1. The summed E-state index contributed by atoms with van der Waals surface area (Å²) in [5.41, 5.74) is 7.54. The number of hydrogen-bond acceptors (Lipinski definition) is 5. The van der Waals surface area contributed by atoms with Crippen LogP contribution in [0.15, 0.2) is 69.9 Å². The van der Waals surface area contributed by atoms with E-state index >= 15 is 0 Å². The zero-order valence-electron chi connectivity index (χ0n) is 13.7. The predicted molar refractivity (Wildman–Crippen MR) is 94.8 cm³/mol. The largest absolute Gasteiger partial charge is 0.469 e. The molecule has 0 fully saturated rings. The molecule has 2 atom stereocenters. The third-order valence-electron chi connectivity index (χ3n) is 4.81. The van der Waals surface area contributed by atoms with Gasteiger partial charge in [0.2, 0.25) is 5.88 Å². The molecule has 1 aliphatic heterocycles. The molecule has 0 spiro atoms. The van der Waals surface area contributed by atoms with Crippen molar-refractivity contribution >= 4 is 17.4 Å². The molecule has 2 N–H and O–H groups in total. The van der Waals surface area contributed by atoms with Crippen LogP contribution in [0.5, 0.6) is 0 Å². The second kappa shape index (κ2) is 6.40. The van der Waals surface area contributed by atoms with E-state index in [1.54, 1.807) is 36.6 Å². The van der Waals surface area contributed by atoms with E-state index in [4.69, 9.17) is 26.5 Å². The number of carbonyl (C=O) groups excluding carboxylic acids is 1. The number of carbonyl (C=O) groups is 1. The van der Waals surface area contributed by atoms with Gasteiger partial charge in [-0.25, -0.2) is 0 Å². The van der Waals surface area contributed by atoms with Crippen molar-refractivity contribution in [2.24, 2.45) is 5.73 Å². The molecule has 0 saturated carbocycles. The molecule has 0 radical (unpaired) electrons. The standard InChI is InChI=1S/C20H15ClN2O3/c21-13-5-3-11(4-6-13)18-14(10-22)20(23)26-17-9-12(8-15(24)19(17)18)16-2-1-7-25-16/h1-7,12,18H,8-9,23H2. The van der Waals surface area contributed by atoms with Gasteiger partial charge in [-0.05, 0) is 29.8 Å². The Morgan fingerprint density at radius 3 is 2.62 bits per heavy atom.